The van der Waals surface area contributed by atoms with Crippen molar-refractivity contribution in [3.05, 3.63) is 100 Å². The Labute approximate surface area is 185 Å². The van der Waals surface area contributed by atoms with E-state index in [1.807, 2.05) is 30.3 Å². The number of hydrogen-bond acceptors (Lipinski definition) is 3. The Hall–Kier alpha value is -3.27. The Morgan fingerprint density at radius 3 is 2.32 bits per heavy atom. The molecule has 0 saturated carbocycles. The third-order valence-electron chi connectivity index (χ3n) is 5.55. The second kappa shape index (κ2) is 10.7. The summed E-state index contributed by atoms with van der Waals surface area (Å²) >= 11 is 0. The minimum Gasteiger partial charge on any atom is -0.399 e. The van der Waals surface area contributed by atoms with Gasteiger partial charge >= 0.3 is 0 Å². The number of rotatable bonds is 8. The summed E-state index contributed by atoms with van der Waals surface area (Å²) in [6, 6.07) is 16.8. The molecule has 0 fully saturated rings. The highest BCUT2D eigenvalue weighted by Gasteiger charge is 2.22. The number of amides is 1. The smallest absolute Gasteiger partial charge is 0.247 e. The monoisotopic (exact) mass is 415 g/mol. The fourth-order valence-electron chi connectivity index (χ4n) is 3.97. The Morgan fingerprint density at radius 2 is 1.68 bits per heavy atom. The molecular formula is C27H33N3O. The van der Waals surface area contributed by atoms with E-state index in [9.17, 15) is 4.79 Å². The van der Waals surface area contributed by atoms with Gasteiger partial charge in [0.05, 0.1) is 0 Å². The summed E-state index contributed by atoms with van der Waals surface area (Å²) < 4.78 is 0. The fourth-order valence-corrected chi connectivity index (χ4v) is 3.97. The van der Waals surface area contributed by atoms with Crippen LogP contribution in [0.1, 0.15) is 43.9 Å². The number of nitrogens with two attached hydrogens (primary N) is 1. The number of benzene rings is 2. The molecule has 0 aromatic heterocycles. The van der Waals surface area contributed by atoms with Crippen molar-refractivity contribution in [2.24, 2.45) is 5.73 Å². The zero-order valence-corrected chi connectivity index (χ0v) is 18.7. The lowest BCUT2D eigenvalue weighted by Gasteiger charge is -2.13. The van der Waals surface area contributed by atoms with Crippen LogP contribution in [0.2, 0.25) is 0 Å². The summed E-state index contributed by atoms with van der Waals surface area (Å²) in [5, 5.41) is 6.62. The number of allylic oxidation sites excluding steroid dienone is 3. The molecule has 0 radical (unpaired) electrons. The second-order valence-electron chi connectivity index (χ2n) is 8.02. The summed E-state index contributed by atoms with van der Waals surface area (Å²) in [4.78, 5) is 12.7. The van der Waals surface area contributed by atoms with Crippen LogP contribution in [-0.4, -0.2) is 11.9 Å². The molecule has 0 aliphatic heterocycles. The first kappa shape index (κ1) is 22.4. The standard InChI is InChI=1S/C27H33N3O/c1-4-10-24(29-26-14-9-8-11-20(26)5-2)18-23(28)15-19(3)27(31)30-25-16-21-12-6-7-13-22(21)17-25/h6-15,18,25,29H,4-5,16-17,28H2,1-3H3,(H,30,31)/b19-15+,23-18+,24-10-. The molecule has 0 heterocycles. The third-order valence-corrected chi connectivity index (χ3v) is 5.55. The maximum atomic E-state index is 12.7. The molecule has 4 N–H and O–H groups in total. The van der Waals surface area contributed by atoms with E-state index >= 15 is 0 Å². The number of fused-ring (bicyclic) bond motifs is 1. The molecule has 1 amide bonds. The summed E-state index contributed by atoms with van der Waals surface area (Å²) in [5.41, 5.74) is 13.3. The predicted molar refractivity (Wildman–Crippen MR) is 130 cm³/mol. The van der Waals surface area contributed by atoms with Gasteiger partial charge in [0, 0.05) is 28.7 Å². The van der Waals surface area contributed by atoms with Crippen LogP contribution in [0.5, 0.6) is 0 Å². The van der Waals surface area contributed by atoms with Crippen molar-refractivity contribution in [2.45, 2.75) is 52.5 Å². The van der Waals surface area contributed by atoms with Gasteiger partial charge in [0.1, 0.15) is 0 Å². The molecule has 4 heteroatoms. The van der Waals surface area contributed by atoms with Gasteiger partial charge < -0.3 is 16.4 Å². The lowest BCUT2D eigenvalue weighted by Crippen LogP contribution is -2.35. The second-order valence-corrected chi connectivity index (χ2v) is 8.02. The molecule has 1 aliphatic carbocycles. The number of anilines is 1. The van der Waals surface area contributed by atoms with E-state index in [4.69, 9.17) is 5.73 Å². The van der Waals surface area contributed by atoms with Gasteiger partial charge in [-0.15, -0.1) is 0 Å². The van der Waals surface area contributed by atoms with Gasteiger partial charge in [0.2, 0.25) is 5.91 Å². The highest BCUT2D eigenvalue weighted by molar-refractivity contribution is 5.93. The van der Waals surface area contributed by atoms with Crippen LogP contribution in [0.4, 0.5) is 5.69 Å². The first-order valence-electron chi connectivity index (χ1n) is 11.1. The van der Waals surface area contributed by atoms with Crippen molar-refractivity contribution < 1.29 is 4.79 Å². The van der Waals surface area contributed by atoms with E-state index in [0.717, 1.165) is 37.1 Å². The Bertz CT molecular complexity index is 992. The largest absolute Gasteiger partial charge is 0.399 e. The molecule has 2 aromatic rings. The van der Waals surface area contributed by atoms with Crippen LogP contribution >= 0.6 is 0 Å². The summed E-state index contributed by atoms with van der Waals surface area (Å²) in [5.74, 6) is -0.0699. The molecule has 0 saturated heterocycles. The van der Waals surface area contributed by atoms with E-state index in [2.05, 4.69) is 54.8 Å². The number of para-hydroxylation sites is 1. The van der Waals surface area contributed by atoms with Crippen LogP contribution in [0.25, 0.3) is 0 Å². The van der Waals surface area contributed by atoms with Gasteiger partial charge in [-0.1, -0.05) is 62.4 Å². The lowest BCUT2D eigenvalue weighted by atomic mass is 10.1. The third kappa shape index (κ3) is 6.11. The minimum atomic E-state index is -0.0699. The Morgan fingerprint density at radius 1 is 1.03 bits per heavy atom. The maximum absolute atomic E-state index is 12.7. The van der Waals surface area contributed by atoms with Crippen LogP contribution in [0.15, 0.2) is 83.7 Å². The summed E-state index contributed by atoms with van der Waals surface area (Å²) in [7, 11) is 0. The molecule has 1 aliphatic rings. The number of carbonyl (C=O) groups excluding carboxylic acids is 1. The molecule has 162 valence electrons. The SMILES string of the molecule is CC/C=C(/C=C(N)\C=C(/C)C(=O)NC1Cc2ccccc2C1)Nc1ccccc1CC. The Kier molecular flexibility index (Phi) is 7.71. The molecule has 0 bridgehead atoms. The molecule has 4 nitrogen and oxygen atoms in total. The molecule has 0 spiro atoms. The number of aryl methyl sites for hydroxylation is 1. The van der Waals surface area contributed by atoms with E-state index in [-0.39, 0.29) is 11.9 Å². The normalized spacial score (nSPS) is 15.0. The minimum absolute atomic E-state index is 0.0699. The van der Waals surface area contributed by atoms with Crippen LogP contribution < -0.4 is 16.4 Å². The molecule has 31 heavy (non-hydrogen) atoms. The zero-order valence-electron chi connectivity index (χ0n) is 18.7. The molecule has 3 rings (SSSR count). The topological polar surface area (TPSA) is 67.2 Å². The van der Waals surface area contributed by atoms with Crippen molar-refractivity contribution in [3.8, 4) is 0 Å². The van der Waals surface area contributed by atoms with E-state index in [0.29, 0.717) is 11.3 Å². The van der Waals surface area contributed by atoms with Crippen molar-refractivity contribution in [3.63, 3.8) is 0 Å². The van der Waals surface area contributed by atoms with E-state index in [1.54, 1.807) is 13.0 Å². The number of hydrogen-bond donors (Lipinski definition) is 3. The van der Waals surface area contributed by atoms with Crippen molar-refractivity contribution in [1.82, 2.24) is 5.32 Å². The van der Waals surface area contributed by atoms with Crippen molar-refractivity contribution >= 4 is 11.6 Å². The molecular weight excluding hydrogens is 382 g/mol. The predicted octanol–water partition coefficient (Wildman–Crippen LogP) is 5.03. The fraction of sp³-hybridized carbons (Fsp3) is 0.296. The van der Waals surface area contributed by atoms with Gasteiger partial charge in [-0.25, -0.2) is 0 Å². The van der Waals surface area contributed by atoms with Crippen molar-refractivity contribution in [2.75, 3.05) is 5.32 Å². The molecule has 0 atom stereocenters. The lowest BCUT2D eigenvalue weighted by molar-refractivity contribution is -0.118. The van der Waals surface area contributed by atoms with Gasteiger partial charge in [-0.05, 0) is 67.5 Å². The van der Waals surface area contributed by atoms with Gasteiger partial charge in [-0.3, -0.25) is 4.79 Å². The van der Waals surface area contributed by atoms with Gasteiger partial charge in [0.15, 0.2) is 0 Å². The van der Waals surface area contributed by atoms with Crippen molar-refractivity contribution in [1.29, 1.82) is 0 Å². The molecule has 2 aromatic carbocycles. The van der Waals surface area contributed by atoms with Crippen LogP contribution in [0.3, 0.4) is 0 Å². The summed E-state index contributed by atoms with van der Waals surface area (Å²) in [6.45, 7) is 6.04. The highest BCUT2D eigenvalue weighted by atomic mass is 16.1. The quantitative estimate of drug-likeness (QED) is 0.419. The van der Waals surface area contributed by atoms with Gasteiger partial charge in [-0.2, -0.15) is 0 Å². The number of carbonyl (C=O) groups is 1. The average Bonchev–Trinajstić information content (AvgIpc) is 3.16. The average molecular weight is 416 g/mol. The van der Waals surface area contributed by atoms with E-state index < -0.39 is 0 Å². The Balaban J connectivity index is 1.66. The zero-order chi connectivity index (χ0) is 22.2. The van der Waals surface area contributed by atoms with E-state index in [1.165, 1.54) is 16.7 Å². The van der Waals surface area contributed by atoms with Crippen LogP contribution in [0, 0.1) is 0 Å². The highest BCUT2D eigenvalue weighted by Crippen LogP contribution is 2.22. The maximum Gasteiger partial charge on any atom is 0.247 e. The molecule has 0 unspecified atom stereocenters. The van der Waals surface area contributed by atoms with Gasteiger partial charge in [0.25, 0.3) is 0 Å². The first-order chi connectivity index (χ1) is 15.0. The first-order valence-corrected chi connectivity index (χ1v) is 11.1. The number of nitrogens with one attached hydrogen (secondary N) is 2. The summed E-state index contributed by atoms with van der Waals surface area (Å²) in [6.07, 6.45) is 9.32. The van der Waals surface area contributed by atoms with Crippen LogP contribution in [-0.2, 0) is 24.1 Å².